The van der Waals surface area contributed by atoms with Gasteiger partial charge >= 0.3 is 5.91 Å². The molecule has 3 aromatic rings. The van der Waals surface area contributed by atoms with Crippen LogP contribution in [0.15, 0.2) is 84.9 Å². The summed E-state index contributed by atoms with van der Waals surface area (Å²) in [5.74, 6) is 0.221. The first-order valence-corrected chi connectivity index (χ1v) is 9.14. The summed E-state index contributed by atoms with van der Waals surface area (Å²) in [5, 5.41) is 0. The average molecular weight is 342 g/mol. The summed E-state index contributed by atoms with van der Waals surface area (Å²) < 4.78 is 0.389. The van der Waals surface area contributed by atoms with Crippen molar-refractivity contribution in [2.24, 2.45) is 0 Å². The van der Waals surface area contributed by atoms with E-state index in [2.05, 4.69) is 68.4 Å². The molecule has 26 heavy (non-hydrogen) atoms. The van der Waals surface area contributed by atoms with Gasteiger partial charge < -0.3 is 0 Å². The lowest BCUT2D eigenvalue weighted by atomic mass is 9.88. The second kappa shape index (κ2) is 6.22. The van der Waals surface area contributed by atoms with Gasteiger partial charge in [0.1, 0.15) is 18.6 Å². The van der Waals surface area contributed by atoms with Crippen molar-refractivity contribution in [2.75, 3.05) is 0 Å². The average Bonchev–Trinajstić information content (AvgIpc) is 2.97. The molecule has 2 nitrogen and oxygen atoms in total. The fourth-order valence-corrected chi connectivity index (χ4v) is 4.23. The van der Waals surface area contributed by atoms with Crippen LogP contribution in [0.4, 0.5) is 0 Å². The van der Waals surface area contributed by atoms with Crippen molar-refractivity contribution in [3.05, 3.63) is 107 Å². The lowest BCUT2D eigenvalue weighted by Crippen LogP contribution is -2.59. The Balaban J connectivity index is 1.88. The van der Waals surface area contributed by atoms with E-state index in [0.717, 1.165) is 17.7 Å². The Morgan fingerprint density at radius 3 is 2.04 bits per heavy atom. The van der Waals surface area contributed by atoms with Gasteiger partial charge in [-0.15, -0.1) is 0 Å². The van der Waals surface area contributed by atoms with Gasteiger partial charge in [-0.3, -0.25) is 0 Å². The number of quaternary nitrogens is 1. The quantitative estimate of drug-likeness (QED) is 0.589. The monoisotopic (exact) mass is 342 g/mol. The molecule has 0 aliphatic carbocycles. The Morgan fingerprint density at radius 1 is 0.808 bits per heavy atom. The molecule has 3 aromatic carbocycles. The largest absolute Gasteiger partial charge is 0.347 e. The van der Waals surface area contributed by atoms with Crippen LogP contribution in [0.1, 0.15) is 40.9 Å². The molecule has 0 fully saturated rings. The van der Waals surface area contributed by atoms with E-state index in [4.69, 9.17) is 0 Å². The molecule has 1 atom stereocenters. The normalized spacial score (nSPS) is 19.4. The molecule has 0 saturated heterocycles. The third-order valence-corrected chi connectivity index (χ3v) is 5.92. The highest BCUT2D eigenvalue weighted by molar-refractivity contribution is 5.93. The van der Waals surface area contributed by atoms with Gasteiger partial charge in [-0.05, 0) is 19.9 Å². The standard InChI is InChI=1S/C24H24NO/c1-24(2,21-14-7-4-8-15-21)25(17-19-11-5-3-6-12-19)18-20-13-9-10-16-22(20)23(25)26/h3-16H,17-18H2,1-2H3/q+1. The van der Waals surface area contributed by atoms with E-state index in [1.807, 2.05) is 30.3 Å². The molecule has 0 radical (unpaired) electrons. The first-order valence-electron chi connectivity index (χ1n) is 9.14. The topological polar surface area (TPSA) is 17.1 Å². The van der Waals surface area contributed by atoms with Crippen LogP contribution >= 0.6 is 0 Å². The van der Waals surface area contributed by atoms with E-state index in [-0.39, 0.29) is 11.4 Å². The Hall–Kier alpha value is -2.71. The molecule has 0 saturated carbocycles. The fraction of sp³-hybridized carbons (Fsp3) is 0.208. The minimum absolute atomic E-state index is 0.221. The number of nitrogens with zero attached hydrogens (tertiary/aromatic N) is 1. The third kappa shape index (κ3) is 2.49. The highest BCUT2D eigenvalue weighted by Gasteiger charge is 2.55. The number of carbonyl (C=O) groups excluding carboxylic acids is 1. The van der Waals surface area contributed by atoms with Gasteiger partial charge in [0, 0.05) is 16.7 Å². The maximum atomic E-state index is 13.7. The zero-order chi connectivity index (χ0) is 18.2. The fourth-order valence-electron chi connectivity index (χ4n) is 4.23. The molecule has 4 rings (SSSR count). The van der Waals surface area contributed by atoms with E-state index in [1.54, 1.807) is 0 Å². The number of fused-ring (bicyclic) bond motifs is 1. The Morgan fingerprint density at radius 2 is 1.38 bits per heavy atom. The summed E-state index contributed by atoms with van der Waals surface area (Å²) in [7, 11) is 0. The SMILES string of the molecule is CC(C)(c1ccccc1)[N+]1(Cc2ccccc2)Cc2ccccc2C1=O. The second-order valence-corrected chi connectivity index (χ2v) is 7.66. The Kier molecular flexibility index (Phi) is 4.01. The molecule has 1 aliphatic rings. The molecule has 1 aliphatic heterocycles. The summed E-state index contributed by atoms with van der Waals surface area (Å²) in [6.07, 6.45) is 0. The van der Waals surface area contributed by atoms with Gasteiger partial charge in [-0.1, -0.05) is 78.9 Å². The summed E-state index contributed by atoms with van der Waals surface area (Å²) in [4.78, 5) is 13.7. The van der Waals surface area contributed by atoms with Crippen LogP contribution in [-0.2, 0) is 18.6 Å². The van der Waals surface area contributed by atoms with Crippen molar-refractivity contribution < 1.29 is 9.28 Å². The van der Waals surface area contributed by atoms with Gasteiger partial charge in [0.15, 0.2) is 0 Å². The number of hydrogen-bond acceptors (Lipinski definition) is 1. The van der Waals surface area contributed by atoms with Crippen molar-refractivity contribution in [1.29, 1.82) is 0 Å². The van der Waals surface area contributed by atoms with Crippen LogP contribution in [0, 0.1) is 0 Å². The van der Waals surface area contributed by atoms with Gasteiger partial charge in [0.25, 0.3) is 0 Å². The number of carbonyl (C=O) groups is 1. The molecule has 0 N–H and O–H groups in total. The minimum Gasteiger partial charge on any atom is -0.240 e. The molecule has 0 bridgehead atoms. The van der Waals surface area contributed by atoms with E-state index >= 15 is 0 Å². The number of benzene rings is 3. The van der Waals surface area contributed by atoms with Crippen molar-refractivity contribution in [3.8, 4) is 0 Å². The first-order chi connectivity index (χ1) is 12.5. The highest BCUT2D eigenvalue weighted by atomic mass is 16.2. The molecule has 130 valence electrons. The zero-order valence-corrected chi connectivity index (χ0v) is 15.4. The van der Waals surface area contributed by atoms with Crippen molar-refractivity contribution in [3.63, 3.8) is 0 Å². The molecular formula is C24H24NO+. The smallest absolute Gasteiger partial charge is 0.240 e. The molecule has 2 heteroatoms. The highest BCUT2D eigenvalue weighted by Crippen LogP contribution is 2.45. The van der Waals surface area contributed by atoms with E-state index < -0.39 is 0 Å². The Labute approximate surface area is 155 Å². The first kappa shape index (κ1) is 16.7. The molecular weight excluding hydrogens is 318 g/mol. The lowest BCUT2D eigenvalue weighted by molar-refractivity contribution is -0.927. The van der Waals surface area contributed by atoms with Crippen molar-refractivity contribution in [1.82, 2.24) is 0 Å². The van der Waals surface area contributed by atoms with Crippen molar-refractivity contribution >= 4 is 5.91 Å². The maximum Gasteiger partial charge on any atom is 0.347 e. The third-order valence-electron chi connectivity index (χ3n) is 5.92. The van der Waals surface area contributed by atoms with Crippen LogP contribution in [0.2, 0.25) is 0 Å². The van der Waals surface area contributed by atoms with Crippen LogP contribution in [0.5, 0.6) is 0 Å². The predicted octanol–water partition coefficient (Wildman–Crippen LogP) is 5.29. The molecule has 1 amide bonds. The number of amides is 1. The Bertz CT molecular complexity index is 931. The second-order valence-electron chi connectivity index (χ2n) is 7.66. The minimum atomic E-state index is -0.340. The summed E-state index contributed by atoms with van der Waals surface area (Å²) in [6, 6.07) is 28.9. The maximum absolute atomic E-state index is 13.7. The number of hydrogen-bond donors (Lipinski definition) is 0. The zero-order valence-electron chi connectivity index (χ0n) is 15.4. The van der Waals surface area contributed by atoms with Crippen LogP contribution in [-0.4, -0.2) is 10.4 Å². The molecule has 0 aromatic heterocycles. The summed E-state index contributed by atoms with van der Waals surface area (Å²) in [5.41, 5.74) is 4.06. The summed E-state index contributed by atoms with van der Waals surface area (Å²) >= 11 is 0. The van der Waals surface area contributed by atoms with E-state index in [0.29, 0.717) is 11.0 Å². The molecule has 0 spiro atoms. The van der Waals surface area contributed by atoms with Crippen LogP contribution in [0.3, 0.4) is 0 Å². The number of rotatable bonds is 4. The van der Waals surface area contributed by atoms with E-state index in [9.17, 15) is 4.79 Å². The molecule has 1 heterocycles. The van der Waals surface area contributed by atoms with E-state index in [1.165, 1.54) is 11.1 Å². The van der Waals surface area contributed by atoms with Gasteiger partial charge in [0.05, 0.1) is 5.56 Å². The van der Waals surface area contributed by atoms with Crippen molar-refractivity contribution in [2.45, 2.75) is 32.5 Å². The van der Waals surface area contributed by atoms with Crippen LogP contribution in [0.25, 0.3) is 0 Å². The van der Waals surface area contributed by atoms with Gasteiger partial charge in [-0.2, -0.15) is 0 Å². The van der Waals surface area contributed by atoms with Gasteiger partial charge in [0.2, 0.25) is 0 Å². The lowest BCUT2D eigenvalue weighted by Gasteiger charge is -2.45. The van der Waals surface area contributed by atoms with Gasteiger partial charge in [-0.25, -0.2) is 9.28 Å². The molecule has 1 unspecified atom stereocenters. The van der Waals surface area contributed by atoms with Crippen LogP contribution < -0.4 is 0 Å². The summed E-state index contributed by atoms with van der Waals surface area (Å²) in [6.45, 7) is 5.83. The predicted molar refractivity (Wildman–Crippen MR) is 104 cm³/mol.